The van der Waals surface area contributed by atoms with E-state index in [1.54, 1.807) is 12.1 Å². The molecule has 1 aromatic heterocycles. The molecule has 0 aliphatic carbocycles. The van der Waals surface area contributed by atoms with Crippen molar-refractivity contribution in [3.8, 4) is 5.75 Å². The Bertz CT molecular complexity index is 423. The predicted octanol–water partition coefficient (Wildman–Crippen LogP) is 1.10. The standard InChI is InChI=1S/C8H7N5O.H2O/c14-7-3-1-6(2-4-7)11-13-8-9-5-10-12-8;/h1-5,14H,(H,9,10,12);1H2. The Morgan fingerprint density at radius 1 is 1.13 bits per heavy atom. The first kappa shape index (κ1) is 10.8. The summed E-state index contributed by atoms with van der Waals surface area (Å²) in [7, 11) is 0. The van der Waals surface area contributed by atoms with Crippen molar-refractivity contribution in [1.82, 2.24) is 15.2 Å². The van der Waals surface area contributed by atoms with Crippen molar-refractivity contribution in [3.05, 3.63) is 30.6 Å². The Morgan fingerprint density at radius 2 is 1.87 bits per heavy atom. The highest BCUT2D eigenvalue weighted by Crippen LogP contribution is 2.18. The van der Waals surface area contributed by atoms with E-state index in [0.717, 1.165) is 0 Å². The van der Waals surface area contributed by atoms with Crippen LogP contribution in [0.1, 0.15) is 0 Å². The topological polar surface area (TPSA) is 118 Å². The summed E-state index contributed by atoms with van der Waals surface area (Å²) < 4.78 is 0. The van der Waals surface area contributed by atoms with Gasteiger partial charge in [-0.2, -0.15) is 10.1 Å². The van der Waals surface area contributed by atoms with Crippen LogP contribution in [0, 0.1) is 0 Å². The number of aromatic nitrogens is 3. The summed E-state index contributed by atoms with van der Waals surface area (Å²) in [5.41, 5.74) is 0.638. The summed E-state index contributed by atoms with van der Waals surface area (Å²) in [6.45, 7) is 0. The van der Waals surface area contributed by atoms with Gasteiger partial charge in [0.25, 0.3) is 5.95 Å². The summed E-state index contributed by atoms with van der Waals surface area (Å²) in [6, 6.07) is 6.37. The molecule has 1 heterocycles. The quantitative estimate of drug-likeness (QED) is 0.717. The molecule has 4 N–H and O–H groups in total. The van der Waals surface area contributed by atoms with Gasteiger partial charge < -0.3 is 10.6 Å². The van der Waals surface area contributed by atoms with E-state index in [2.05, 4.69) is 25.4 Å². The molecule has 2 rings (SSSR count). The van der Waals surface area contributed by atoms with E-state index < -0.39 is 0 Å². The first-order valence-corrected chi connectivity index (χ1v) is 3.91. The first-order chi connectivity index (χ1) is 6.84. The minimum absolute atomic E-state index is 0. The Kier molecular flexibility index (Phi) is 3.47. The highest BCUT2D eigenvalue weighted by molar-refractivity contribution is 5.40. The number of H-pyrrole nitrogens is 1. The van der Waals surface area contributed by atoms with Gasteiger partial charge in [-0.3, -0.25) is 0 Å². The van der Waals surface area contributed by atoms with Gasteiger partial charge >= 0.3 is 0 Å². The molecule has 0 aliphatic heterocycles. The van der Waals surface area contributed by atoms with E-state index in [1.165, 1.54) is 18.5 Å². The fourth-order valence-electron chi connectivity index (χ4n) is 0.872. The fraction of sp³-hybridized carbons (Fsp3) is 0. The van der Waals surface area contributed by atoms with E-state index >= 15 is 0 Å². The number of aromatic amines is 1. The monoisotopic (exact) mass is 207 g/mol. The van der Waals surface area contributed by atoms with E-state index in [4.69, 9.17) is 5.11 Å². The van der Waals surface area contributed by atoms with Crippen LogP contribution in [-0.4, -0.2) is 25.8 Å². The minimum atomic E-state index is 0. The van der Waals surface area contributed by atoms with Crippen molar-refractivity contribution in [1.29, 1.82) is 0 Å². The smallest absolute Gasteiger partial charge is 0.264 e. The third-order valence-corrected chi connectivity index (χ3v) is 1.51. The van der Waals surface area contributed by atoms with Gasteiger partial charge in [-0.1, -0.05) is 0 Å². The molecular formula is C8H9N5O2. The average molecular weight is 207 g/mol. The Labute approximate surface area is 84.8 Å². The van der Waals surface area contributed by atoms with Crippen LogP contribution in [0.15, 0.2) is 40.8 Å². The average Bonchev–Trinajstić information content (AvgIpc) is 2.70. The summed E-state index contributed by atoms with van der Waals surface area (Å²) in [5, 5.41) is 22.8. The molecule has 0 saturated heterocycles. The lowest BCUT2D eigenvalue weighted by Crippen LogP contribution is -1.66. The van der Waals surface area contributed by atoms with Gasteiger partial charge in [0.1, 0.15) is 12.1 Å². The van der Waals surface area contributed by atoms with Crippen LogP contribution in [0.2, 0.25) is 0 Å². The molecule has 0 saturated carbocycles. The van der Waals surface area contributed by atoms with Crippen LogP contribution in [-0.2, 0) is 0 Å². The van der Waals surface area contributed by atoms with Gasteiger partial charge in [0.05, 0.1) is 5.69 Å². The predicted molar refractivity (Wildman–Crippen MR) is 52.3 cm³/mol. The van der Waals surface area contributed by atoms with Gasteiger partial charge in [-0.15, -0.1) is 10.2 Å². The number of benzene rings is 1. The van der Waals surface area contributed by atoms with Crippen LogP contribution in [0.4, 0.5) is 11.6 Å². The summed E-state index contributed by atoms with van der Waals surface area (Å²) in [4.78, 5) is 3.77. The van der Waals surface area contributed by atoms with Gasteiger partial charge in [0.2, 0.25) is 0 Å². The van der Waals surface area contributed by atoms with Crippen molar-refractivity contribution in [2.24, 2.45) is 10.2 Å². The molecule has 1 aromatic carbocycles. The summed E-state index contributed by atoms with van der Waals surface area (Å²) in [6.07, 6.45) is 1.35. The molecule has 0 bridgehead atoms. The molecule has 7 nitrogen and oxygen atoms in total. The lowest BCUT2D eigenvalue weighted by molar-refractivity contribution is 0.475. The van der Waals surface area contributed by atoms with E-state index in [1.807, 2.05) is 0 Å². The van der Waals surface area contributed by atoms with Crippen LogP contribution in [0.25, 0.3) is 0 Å². The Hall–Kier alpha value is -2.28. The van der Waals surface area contributed by atoms with Crippen LogP contribution < -0.4 is 0 Å². The number of phenolic OH excluding ortho intramolecular Hbond substituents is 1. The number of hydrogen-bond donors (Lipinski definition) is 2. The molecule has 0 spiro atoms. The third kappa shape index (κ3) is 2.85. The van der Waals surface area contributed by atoms with Gasteiger partial charge in [0.15, 0.2) is 0 Å². The van der Waals surface area contributed by atoms with Gasteiger partial charge in [-0.05, 0) is 24.3 Å². The van der Waals surface area contributed by atoms with Crippen molar-refractivity contribution in [2.75, 3.05) is 0 Å². The maximum absolute atomic E-state index is 9.01. The second-order valence-electron chi connectivity index (χ2n) is 2.53. The molecule has 7 heteroatoms. The lowest BCUT2D eigenvalue weighted by atomic mass is 10.3. The molecule has 2 aromatic rings. The van der Waals surface area contributed by atoms with Crippen LogP contribution >= 0.6 is 0 Å². The zero-order valence-electron chi connectivity index (χ0n) is 7.62. The maximum atomic E-state index is 9.01. The van der Waals surface area contributed by atoms with E-state index in [9.17, 15) is 0 Å². The van der Waals surface area contributed by atoms with Crippen molar-refractivity contribution in [2.45, 2.75) is 0 Å². The zero-order chi connectivity index (χ0) is 9.80. The number of phenols is 1. The maximum Gasteiger partial charge on any atom is 0.264 e. The van der Waals surface area contributed by atoms with Gasteiger partial charge in [-0.25, -0.2) is 5.10 Å². The number of rotatable bonds is 2. The molecule has 0 fully saturated rings. The lowest BCUT2D eigenvalue weighted by Gasteiger charge is -1.91. The highest BCUT2D eigenvalue weighted by Gasteiger charge is 1.92. The molecule has 0 atom stereocenters. The molecule has 0 radical (unpaired) electrons. The van der Waals surface area contributed by atoms with Gasteiger partial charge in [0, 0.05) is 0 Å². The van der Waals surface area contributed by atoms with Crippen LogP contribution in [0.3, 0.4) is 0 Å². The SMILES string of the molecule is O.Oc1ccc(N=Nc2ncn[nH]2)cc1. The molecule has 0 aliphatic rings. The molecule has 0 amide bonds. The van der Waals surface area contributed by atoms with Crippen LogP contribution in [0.5, 0.6) is 5.75 Å². The number of hydrogen-bond acceptors (Lipinski definition) is 5. The van der Waals surface area contributed by atoms with Crippen molar-refractivity contribution >= 4 is 11.6 Å². The first-order valence-electron chi connectivity index (χ1n) is 3.91. The number of nitrogens with one attached hydrogen (secondary N) is 1. The largest absolute Gasteiger partial charge is 0.508 e. The normalized spacial score (nSPS) is 10.1. The summed E-state index contributed by atoms with van der Waals surface area (Å²) in [5.74, 6) is 0.543. The highest BCUT2D eigenvalue weighted by atomic mass is 16.3. The van der Waals surface area contributed by atoms with E-state index in [0.29, 0.717) is 11.6 Å². The zero-order valence-corrected chi connectivity index (χ0v) is 7.62. The Balaban J connectivity index is 0.00000112. The third-order valence-electron chi connectivity index (χ3n) is 1.51. The number of nitrogens with zero attached hydrogens (tertiary/aromatic N) is 4. The Morgan fingerprint density at radius 3 is 2.47 bits per heavy atom. The molecular weight excluding hydrogens is 198 g/mol. The minimum Gasteiger partial charge on any atom is -0.508 e. The fourth-order valence-corrected chi connectivity index (χ4v) is 0.872. The molecule has 0 unspecified atom stereocenters. The van der Waals surface area contributed by atoms with Crippen molar-refractivity contribution in [3.63, 3.8) is 0 Å². The number of azo groups is 1. The second-order valence-corrected chi connectivity index (χ2v) is 2.53. The summed E-state index contributed by atoms with van der Waals surface area (Å²) >= 11 is 0. The molecule has 15 heavy (non-hydrogen) atoms. The number of aromatic hydroxyl groups is 1. The second kappa shape index (κ2) is 4.82. The van der Waals surface area contributed by atoms with E-state index in [-0.39, 0.29) is 11.2 Å². The van der Waals surface area contributed by atoms with Crippen molar-refractivity contribution < 1.29 is 10.6 Å². The molecule has 78 valence electrons.